The van der Waals surface area contributed by atoms with Crippen LogP contribution in [0.1, 0.15) is 16.8 Å². The van der Waals surface area contributed by atoms with E-state index in [4.69, 9.17) is 26.8 Å². The summed E-state index contributed by atoms with van der Waals surface area (Å²) in [5.74, 6) is -0.726. The van der Waals surface area contributed by atoms with Crippen LogP contribution in [-0.4, -0.2) is 55.9 Å². The van der Waals surface area contributed by atoms with Crippen molar-refractivity contribution < 1.29 is 27.1 Å². The number of hydrogen-bond donors (Lipinski definition) is 2. The number of aromatic nitrogens is 2. The van der Waals surface area contributed by atoms with Crippen LogP contribution in [0.5, 0.6) is 11.5 Å². The summed E-state index contributed by atoms with van der Waals surface area (Å²) < 4.78 is 49.5. The fourth-order valence-corrected chi connectivity index (χ4v) is 4.28. The van der Waals surface area contributed by atoms with Gasteiger partial charge >= 0.3 is 0 Å². The number of methoxy groups -OCH3 is 1. The summed E-state index contributed by atoms with van der Waals surface area (Å²) in [5, 5.41) is 7.16. The monoisotopic (exact) mass is 524 g/mol. The molecule has 3 aromatic rings. The lowest BCUT2D eigenvalue weighted by atomic mass is 10.1. The van der Waals surface area contributed by atoms with Gasteiger partial charge in [-0.15, -0.1) is 0 Å². The molecule has 0 spiro atoms. The van der Waals surface area contributed by atoms with Crippen molar-refractivity contribution in [1.29, 1.82) is 0 Å². The molecule has 12 heteroatoms. The van der Waals surface area contributed by atoms with E-state index < -0.39 is 27.6 Å². The maximum atomic E-state index is 14.3. The molecule has 0 aliphatic heterocycles. The zero-order valence-corrected chi connectivity index (χ0v) is 21.0. The standard InChI is InChI=1S/C23H26ClFN4O5S/c1-29-22(19(24)12-27-29)18-10-15(28-23(30)17-6-5-16(33-2)11-20(17)25)4-7-21(18)34-13-14(26)8-9-35(3,31)32/h4-7,10-12,14H,8-9,13,26H2,1-3H3,(H,28,30)/t14-/m0/s1. The zero-order chi connectivity index (χ0) is 25.8. The van der Waals surface area contributed by atoms with E-state index in [1.807, 2.05) is 0 Å². The molecule has 0 bridgehead atoms. The first-order chi connectivity index (χ1) is 16.5. The van der Waals surface area contributed by atoms with Gasteiger partial charge in [0.2, 0.25) is 0 Å². The number of sulfone groups is 1. The van der Waals surface area contributed by atoms with Gasteiger partial charge in [-0.25, -0.2) is 12.8 Å². The molecule has 3 N–H and O–H groups in total. The van der Waals surface area contributed by atoms with Crippen molar-refractivity contribution in [3.8, 4) is 22.8 Å². The first kappa shape index (κ1) is 26.5. The number of nitrogens with one attached hydrogen (secondary N) is 1. The molecule has 1 aromatic heterocycles. The molecule has 0 radical (unpaired) electrons. The quantitative estimate of drug-likeness (QED) is 0.417. The van der Waals surface area contributed by atoms with Gasteiger partial charge in [-0.05, 0) is 36.8 Å². The molecule has 1 amide bonds. The van der Waals surface area contributed by atoms with Crippen molar-refractivity contribution in [1.82, 2.24) is 9.78 Å². The topological polar surface area (TPSA) is 126 Å². The third-order valence-corrected chi connectivity index (χ3v) is 6.37. The van der Waals surface area contributed by atoms with Crippen LogP contribution >= 0.6 is 11.6 Å². The summed E-state index contributed by atoms with van der Waals surface area (Å²) in [6, 6.07) is 8.25. The van der Waals surface area contributed by atoms with Crippen LogP contribution < -0.4 is 20.5 Å². The van der Waals surface area contributed by atoms with E-state index in [2.05, 4.69) is 10.4 Å². The fourth-order valence-electron chi connectivity index (χ4n) is 3.28. The largest absolute Gasteiger partial charge is 0.497 e. The van der Waals surface area contributed by atoms with Crippen molar-refractivity contribution in [2.75, 3.05) is 31.0 Å². The van der Waals surface area contributed by atoms with Gasteiger partial charge in [0.25, 0.3) is 5.91 Å². The van der Waals surface area contributed by atoms with Gasteiger partial charge in [0.1, 0.15) is 33.8 Å². The number of aryl methyl sites for hydroxylation is 1. The van der Waals surface area contributed by atoms with E-state index in [1.165, 1.54) is 25.4 Å². The summed E-state index contributed by atoms with van der Waals surface area (Å²) in [4.78, 5) is 12.7. The Hall–Kier alpha value is -3.15. The van der Waals surface area contributed by atoms with Gasteiger partial charge in [-0.2, -0.15) is 5.10 Å². The highest BCUT2D eigenvalue weighted by Gasteiger charge is 2.19. The number of carbonyl (C=O) groups excluding carboxylic acids is 1. The Morgan fingerprint density at radius 2 is 2.03 bits per heavy atom. The predicted molar refractivity (Wildman–Crippen MR) is 132 cm³/mol. The number of amides is 1. The Bertz CT molecular complexity index is 1310. The minimum absolute atomic E-state index is 0.0508. The maximum absolute atomic E-state index is 14.3. The normalized spacial score (nSPS) is 12.3. The molecule has 9 nitrogen and oxygen atoms in total. The summed E-state index contributed by atoms with van der Waals surface area (Å²) in [6.45, 7) is 0.0563. The minimum atomic E-state index is -3.14. The average molecular weight is 525 g/mol. The number of benzene rings is 2. The van der Waals surface area contributed by atoms with Crippen molar-refractivity contribution >= 4 is 33.0 Å². The third-order valence-electron chi connectivity index (χ3n) is 5.12. The van der Waals surface area contributed by atoms with E-state index in [9.17, 15) is 17.6 Å². The van der Waals surface area contributed by atoms with E-state index in [1.54, 1.807) is 29.9 Å². The lowest BCUT2D eigenvalue weighted by Gasteiger charge is -2.17. The number of nitrogens with two attached hydrogens (primary N) is 1. The van der Waals surface area contributed by atoms with Gasteiger partial charge in [0.05, 0.1) is 35.3 Å². The predicted octanol–water partition coefficient (Wildman–Crippen LogP) is 3.28. The highest BCUT2D eigenvalue weighted by atomic mass is 35.5. The number of carbonyl (C=O) groups is 1. The molecule has 0 saturated carbocycles. The van der Waals surface area contributed by atoms with E-state index >= 15 is 0 Å². The smallest absolute Gasteiger partial charge is 0.258 e. The second kappa shape index (κ2) is 11.1. The molecule has 35 heavy (non-hydrogen) atoms. The van der Waals surface area contributed by atoms with Crippen LogP contribution in [0.2, 0.25) is 5.02 Å². The van der Waals surface area contributed by atoms with Crippen LogP contribution in [0.25, 0.3) is 11.3 Å². The Morgan fingerprint density at radius 1 is 1.29 bits per heavy atom. The van der Waals surface area contributed by atoms with Gasteiger partial charge in [0, 0.05) is 36.7 Å². The highest BCUT2D eigenvalue weighted by molar-refractivity contribution is 7.90. The molecule has 0 unspecified atom stereocenters. The molecular weight excluding hydrogens is 499 g/mol. The van der Waals surface area contributed by atoms with E-state index in [-0.39, 0.29) is 24.3 Å². The molecule has 0 fully saturated rings. The molecule has 1 atom stereocenters. The van der Waals surface area contributed by atoms with Crippen LogP contribution in [-0.2, 0) is 16.9 Å². The maximum Gasteiger partial charge on any atom is 0.258 e. The molecule has 0 saturated heterocycles. The lowest BCUT2D eigenvalue weighted by molar-refractivity contribution is 0.102. The van der Waals surface area contributed by atoms with E-state index in [0.29, 0.717) is 33.5 Å². The lowest BCUT2D eigenvalue weighted by Crippen LogP contribution is -2.30. The molecule has 188 valence electrons. The number of anilines is 1. The number of hydrogen-bond acceptors (Lipinski definition) is 7. The van der Waals surface area contributed by atoms with Crippen LogP contribution in [0.3, 0.4) is 0 Å². The second-order valence-corrected chi connectivity index (χ2v) is 10.6. The minimum Gasteiger partial charge on any atom is -0.497 e. The van der Waals surface area contributed by atoms with Crippen molar-refractivity contribution in [3.05, 3.63) is 59.0 Å². The van der Waals surface area contributed by atoms with Gasteiger partial charge in [-0.1, -0.05) is 11.6 Å². The zero-order valence-electron chi connectivity index (χ0n) is 19.4. The average Bonchev–Trinajstić information content (AvgIpc) is 3.13. The van der Waals surface area contributed by atoms with Crippen LogP contribution in [0, 0.1) is 5.82 Å². The van der Waals surface area contributed by atoms with Crippen molar-refractivity contribution in [2.45, 2.75) is 12.5 Å². The summed E-state index contributed by atoms with van der Waals surface area (Å²) >= 11 is 6.34. The number of halogens is 2. The Morgan fingerprint density at radius 3 is 2.63 bits per heavy atom. The Balaban J connectivity index is 1.86. The summed E-state index contributed by atoms with van der Waals surface area (Å²) in [5.41, 5.74) is 7.27. The van der Waals surface area contributed by atoms with Gasteiger partial charge in [0.15, 0.2) is 0 Å². The van der Waals surface area contributed by atoms with Gasteiger partial charge < -0.3 is 20.5 Å². The highest BCUT2D eigenvalue weighted by Crippen LogP contribution is 2.37. The molecule has 2 aromatic carbocycles. The molecular formula is C23H26ClFN4O5S. The molecule has 3 rings (SSSR count). The van der Waals surface area contributed by atoms with Crippen molar-refractivity contribution in [2.24, 2.45) is 12.8 Å². The SMILES string of the molecule is COc1ccc(C(=O)Nc2ccc(OC[C@@H](N)CCS(C)(=O)=O)c(-c3c(Cl)cnn3C)c2)c(F)c1. The summed E-state index contributed by atoms with van der Waals surface area (Å²) in [7, 11) is -0.0428. The summed E-state index contributed by atoms with van der Waals surface area (Å²) in [6.07, 6.45) is 2.85. The number of ether oxygens (including phenoxy) is 2. The number of nitrogens with zero attached hydrogens (tertiary/aromatic N) is 2. The third kappa shape index (κ3) is 6.93. The number of rotatable bonds is 10. The van der Waals surface area contributed by atoms with Crippen LogP contribution in [0.4, 0.5) is 10.1 Å². The molecule has 1 heterocycles. The fraction of sp³-hybridized carbons (Fsp3) is 0.304. The Labute approximate surface area is 207 Å². The molecule has 0 aliphatic carbocycles. The van der Waals surface area contributed by atoms with Gasteiger partial charge in [-0.3, -0.25) is 9.48 Å². The second-order valence-electron chi connectivity index (χ2n) is 7.97. The van der Waals surface area contributed by atoms with Crippen molar-refractivity contribution in [3.63, 3.8) is 0 Å². The molecule has 0 aliphatic rings. The Kier molecular flexibility index (Phi) is 8.36. The van der Waals surface area contributed by atoms with E-state index in [0.717, 1.165) is 12.3 Å². The first-order valence-electron chi connectivity index (χ1n) is 10.5. The first-order valence-corrected chi connectivity index (χ1v) is 12.9. The van der Waals surface area contributed by atoms with Crippen LogP contribution in [0.15, 0.2) is 42.6 Å².